The molecule has 15 nitrogen and oxygen atoms in total. The van der Waals surface area contributed by atoms with Gasteiger partial charge in [0.2, 0.25) is 17.2 Å². The highest BCUT2D eigenvalue weighted by Crippen LogP contribution is 2.73. The molecule has 3 aliphatic carbocycles. The van der Waals surface area contributed by atoms with E-state index in [4.69, 9.17) is 4.74 Å². The molecule has 2 amide bonds. The lowest BCUT2D eigenvalue weighted by atomic mass is 9.39. The zero-order valence-corrected chi connectivity index (χ0v) is 26.9. The third kappa shape index (κ3) is 5.20. The number of amides is 2. The molecule has 1 aliphatic heterocycles. The molecule has 0 aromatic carbocycles. The molecule has 1 saturated heterocycles. The molecule has 2 bridgehead atoms. The van der Waals surface area contributed by atoms with Crippen LogP contribution in [0.5, 0.6) is 11.6 Å². The summed E-state index contributed by atoms with van der Waals surface area (Å²) in [5.74, 6) is -0.982. The second-order valence-electron chi connectivity index (χ2n) is 12.9. The average Bonchev–Trinajstić information content (AvgIpc) is 3.50. The summed E-state index contributed by atoms with van der Waals surface area (Å²) < 4.78 is 47.2. The van der Waals surface area contributed by atoms with Crippen LogP contribution in [0.25, 0.3) is 16.9 Å². The number of nitrogens with zero attached hydrogens (tertiary/aromatic N) is 9. The van der Waals surface area contributed by atoms with Gasteiger partial charge in [-0.25, -0.2) is 15.0 Å². The number of carbonyl (C=O) groups is 2. The Morgan fingerprint density at radius 2 is 1.80 bits per heavy atom. The van der Waals surface area contributed by atoms with E-state index in [0.29, 0.717) is 17.8 Å². The lowest BCUT2D eigenvalue weighted by Crippen LogP contribution is -2.78. The van der Waals surface area contributed by atoms with E-state index in [2.05, 4.69) is 30.5 Å². The summed E-state index contributed by atoms with van der Waals surface area (Å²) >= 11 is 0. The summed E-state index contributed by atoms with van der Waals surface area (Å²) in [7, 11) is 1.45. The maximum Gasteiger partial charge on any atom is 0.394 e. The number of hydrogen-bond acceptors (Lipinski definition) is 11. The van der Waals surface area contributed by atoms with Crippen LogP contribution in [-0.4, -0.2) is 101 Å². The van der Waals surface area contributed by atoms with Crippen molar-refractivity contribution >= 4 is 28.7 Å². The molecule has 4 aromatic rings. The van der Waals surface area contributed by atoms with Gasteiger partial charge in [-0.3, -0.25) is 14.4 Å². The number of carbonyl (C=O) groups excluding carboxylic acids is 2. The zero-order chi connectivity index (χ0) is 34.9. The van der Waals surface area contributed by atoms with Crippen molar-refractivity contribution in [3.63, 3.8) is 0 Å². The van der Waals surface area contributed by atoms with E-state index in [1.807, 2.05) is 11.8 Å². The second kappa shape index (κ2) is 11.4. The number of aryl methyl sites for hydroxylation is 1. The van der Waals surface area contributed by atoms with Gasteiger partial charge in [0.25, 0.3) is 5.91 Å². The highest BCUT2D eigenvalue weighted by atomic mass is 19.4. The molecule has 4 fully saturated rings. The fourth-order valence-corrected chi connectivity index (χ4v) is 7.34. The van der Waals surface area contributed by atoms with Crippen molar-refractivity contribution in [2.75, 3.05) is 38.2 Å². The van der Waals surface area contributed by atoms with Crippen molar-refractivity contribution in [3.05, 3.63) is 52.0 Å². The maximum absolute atomic E-state index is 14.2. The van der Waals surface area contributed by atoms with Crippen molar-refractivity contribution in [3.8, 4) is 17.3 Å². The van der Waals surface area contributed by atoms with Gasteiger partial charge in [0.05, 0.1) is 23.9 Å². The molecular weight excluding hydrogens is 649 g/mol. The topological polar surface area (TPSA) is 173 Å². The third-order valence-electron chi connectivity index (χ3n) is 9.80. The molecule has 2 N–H and O–H groups in total. The van der Waals surface area contributed by atoms with Crippen molar-refractivity contribution in [1.29, 1.82) is 0 Å². The number of halogens is 3. The van der Waals surface area contributed by atoms with E-state index in [0.717, 1.165) is 0 Å². The lowest BCUT2D eigenvalue weighted by Gasteiger charge is -2.70. The number of nitrogens with one attached hydrogen (secondary N) is 1. The number of rotatable bonds is 8. The Morgan fingerprint density at radius 3 is 2.45 bits per heavy atom. The summed E-state index contributed by atoms with van der Waals surface area (Å²) in [4.78, 5) is 57.5. The Bertz CT molecular complexity index is 2030. The Hall–Kier alpha value is -5.29. The van der Waals surface area contributed by atoms with Gasteiger partial charge in [-0.15, -0.1) is 15.0 Å². The molecule has 258 valence electrons. The molecule has 8 rings (SSSR count). The molecule has 0 spiro atoms. The molecule has 4 aromatic heterocycles. The van der Waals surface area contributed by atoms with Crippen molar-refractivity contribution in [2.24, 2.45) is 5.41 Å². The van der Waals surface area contributed by atoms with Crippen LogP contribution in [0, 0.1) is 12.3 Å². The first kappa shape index (κ1) is 32.3. The summed E-state index contributed by atoms with van der Waals surface area (Å²) in [6.07, 6.45) is -1.78. The first-order valence-electron chi connectivity index (χ1n) is 15.7. The number of hydrogen-bond donors (Lipinski definition) is 2. The third-order valence-corrected chi connectivity index (χ3v) is 9.80. The van der Waals surface area contributed by atoms with E-state index >= 15 is 0 Å². The molecule has 0 atom stereocenters. The van der Waals surface area contributed by atoms with Crippen molar-refractivity contribution in [2.45, 2.75) is 57.8 Å². The molecule has 0 unspecified atom stereocenters. The minimum absolute atomic E-state index is 0.0165. The predicted octanol–water partition coefficient (Wildman–Crippen LogP) is 1.92. The van der Waals surface area contributed by atoms with Crippen LogP contribution >= 0.6 is 0 Å². The predicted molar refractivity (Wildman–Crippen MR) is 167 cm³/mol. The number of ether oxygens (including phenoxy) is 1. The quantitative estimate of drug-likeness (QED) is 0.278. The fourth-order valence-electron chi connectivity index (χ4n) is 7.34. The van der Waals surface area contributed by atoms with E-state index < -0.39 is 34.4 Å². The molecule has 5 heterocycles. The highest BCUT2D eigenvalue weighted by molar-refractivity contribution is 5.95. The number of alkyl halides is 3. The Balaban J connectivity index is 1.22. The minimum Gasteiger partial charge on any atom is -0.504 e. The molecule has 18 heteroatoms. The number of fused-ring (bicyclic) bond motifs is 1. The highest BCUT2D eigenvalue weighted by Gasteiger charge is 2.78. The van der Waals surface area contributed by atoms with Gasteiger partial charge in [-0.1, -0.05) is 6.92 Å². The van der Waals surface area contributed by atoms with Gasteiger partial charge in [0.15, 0.2) is 22.6 Å². The second-order valence-corrected chi connectivity index (χ2v) is 12.9. The van der Waals surface area contributed by atoms with Gasteiger partial charge in [-0.2, -0.15) is 13.2 Å². The monoisotopic (exact) mass is 682 g/mol. The van der Waals surface area contributed by atoms with Gasteiger partial charge in [-0.05, 0) is 38.7 Å². The van der Waals surface area contributed by atoms with Crippen LogP contribution in [0.15, 0.2) is 29.5 Å². The number of pyridine rings is 2. The van der Waals surface area contributed by atoms with Crippen LogP contribution < -0.4 is 20.4 Å². The van der Waals surface area contributed by atoms with E-state index in [9.17, 15) is 32.7 Å². The summed E-state index contributed by atoms with van der Waals surface area (Å²) in [6.45, 7) is 3.98. The normalized spacial score (nSPS) is 21.7. The van der Waals surface area contributed by atoms with E-state index in [1.165, 1.54) is 29.3 Å². The Morgan fingerprint density at radius 1 is 1.08 bits per heavy atom. The Labute approximate surface area is 276 Å². The number of methoxy groups -OCH3 is 1. The lowest BCUT2D eigenvalue weighted by molar-refractivity contribution is -0.337. The summed E-state index contributed by atoms with van der Waals surface area (Å²) in [5.41, 5.74) is -1.56. The van der Waals surface area contributed by atoms with Crippen molar-refractivity contribution in [1.82, 2.24) is 44.7 Å². The summed E-state index contributed by atoms with van der Waals surface area (Å²) in [6, 6.07) is 3.20. The summed E-state index contributed by atoms with van der Waals surface area (Å²) in [5, 5.41) is 22.3. The van der Waals surface area contributed by atoms with Gasteiger partial charge in [0, 0.05) is 49.7 Å². The standard InChI is InChI=1S/C31H33F3N10O5/c1-4-19-24(41-7-9-42(10-8-41)28(48)23-25(46)17(2)36-16-37-23)26(47)22-27(40-44(39-22)18-5-6-35-21(11-18)49-3)43(19)12-20(45)38-30-13-29(14-30,15-30)31(32,33)34/h5-6,11,16,46H,4,7-10,12-15H2,1-3H3,(H,38,45). The van der Waals surface area contributed by atoms with E-state index in [-0.39, 0.29) is 91.9 Å². The van der Waals surface area contributed by atoms with Crippen LogP contribution in [0.4, 0.5) is 18.9 Å². The molecule has 49 heavy (non-hydrogen) atoms. The Kier molecular flexibility index (Phi) is 7.51. The van der Waals surface area contributed by atoms with Crippen LogP contribution in [-0.2, 0) is 17.8 Å². The van der Waals surface area contributed by atoms with Gasteiger partial charge >= 0.3 is 6.18 Å². The van der Waals surface area contributed by atoms with Crippen molar-refractivity contribution < 1.29 is 32.6 Å². The fraction of sp³-hybridized carbons (Fsp3) is 0.484. The number of aromatic hydroxyl groups is 1. The maximum atomic E-state index is 14.2. The minimum atomic E-state index is -4.31. The molecular formula is C31H33F3N10O5. The smallest absolute Gasteiger partial charge is 0.394 e. The number of aromatic nitrogens is 7. The van der Waals surface area contributed by atoms with Gasteiger partial charge < -0.3 is 29.5 Å². The first-order valence-corrected chi connectivity index (χ1v) is 15.7. The molecule has 3 saturated carbocycles. The number of piperazine rings is 1. The zero-order valence-electron chi connectivity index (χ0n) is 26.9. The largest absolute Gasteiger partial charge is 0.504 e. The average molecular weight is 683 g/mol. The SMILES string of the molecule is CCc1c(N2CCN(C(=O)c3ncnc(C)c3O)CC2)c(=O)c2nn(-c3ccnc(OC)c3)nc2n1CC(=O)NC12CC(C(F)(F)F)(C1)C2. The first-order chi connectivity index (χ1) is 23.3. The van der Waals surface area contributed by atoms with E-state index in [1.54, 1.807) is 23.6 Å². The van der Waals surface area contributed by atoms with Crippen LogP contribution in [0.2, 0.25) is 0 Å². The van der Waals surface area contributed by atoms with Gasteiger partial charge in [0.1, 0.15) is 18.6 Å². The van der Waals surface area contributed by atoms with Crippen LogP contribution in [0.1, 0.15) is 48.1 Å². The van der Waals surface area contributed by atoms with Crippen LogP contribution in [0.3, 0.4) is 0 Å². The molecule has 0 radical (unpaired) electrons. The number of anilines is 1. The molecule has 4 aliphatic rings.